The average Bonchev–Trinajstić information content (AvgIpc) is 2.80. The first-order chi connectivity index (χ1) is 15.5. The largest absolute Gasteiger partial charge is 0.356 e. The minimum absolute atomic E-state index is 0.102. The number of hydrogen-bond acceptors (Lipinski definition) is 5. The summed E-state index contributed by atoms with van der Waals surface area (Å²) in [5, 5.41) is 7.18. The molecule has 2 aliphatic rings. The van der Waals surface area contributed by atoms with Crippen molar-refractivity contribution in [3.8, 4) is 0 Å². The van der Waals surface area contributed by atoms with E-state index in [1.807, 2.05) is 18.2 Å². The number of benzene rings is 1. The van der Waals surface area contributed by atoms with E-state index in [1.165, 1.54) is 31.2 Å². The van der Waals surface area contributed by atoms with Gasteiger partial charge in [0.15, 0.2) is 5.11 Å². The number of hydrogen-bond donors (Lipinski definition) is 2. The summed E-state index contributed by atoms with van der Waals surface area (Å²) in [5.74, 6) is 4.04. The topological polar surface area (TPSA) is 56.3 Å². The van der Waals surface area contributed by atoms with Crippen LogP contribution in [0.1, 0.15) is 58.1 Å². The second-order valence-corrected chi connectivity index (χ2v) is 9.91. The molecule has 3 heterocycles. The summed E-state index contributed by atoms with van der Waals surface area (Å²) >= 11 is 5.62. The van der Waals surface area contributed by atoms with Crippen molar-refractivity contribution in [3.63, 3.8) is 0 Å². The summed E-state index contributed by atoms with van der Waals surface area (Å²) in [6.45, 7) is 10.9. The summed E-state index contributed by atoms with van der Waals surface area (Å²) in [4.78, 5) is 14.5. The van der Waals surface area contributed by atoms with Gasteiger partial charge in [0.05, 0.1) is 6.04 Å². The fourth-order valence-electron chi connectivity index (χ4n) is 4.60. The van der Waals surface area contributed by atoms with Gasteiger partial charge in [-0.05, 0) is 62.2 Å². The summed E-state index contributed by atoms with van der Waals surface area (Å²) in [7, 11) is 0. The molecule has 2 aliphatic heterocycles. The Kier molecular flexibility index (Phi) is 7.45. The van der Waals surface area contributed by atoms with Crippen LogP contribution in [0.3, 0.4) is 0 Å². The van der Waals surface area contributed by atoms with E-state index in [0.717, 1.165) is 43.7 Å². The Morgan fingerprint density at radius 1 is 0.969 bits per heavy atom. The summed E-state index contributed by atoms with van der Waals surface area (Å²) in [5.41, 5.74) is 1.19. The van der Waals surface area contributed by atoms with Crippen LogP contribution in [0.15, 0.2) is 36.4 Å². The molecule has 4 rings (SSSR count). The average molecular weight is 453 g/mol. The van der Waals surface area contributed by atoms with Crippen LogP contribution in [-0.4, -0.2) is 41.3 Å². The van der Waals surface area contributed by atoms with Crippen molar-refractivity contribution < 1.29 is 0 Å². The maximum Gasteiger partial charge on any atom is 0.232 e. The molecule has 1 aromatic heterocycles. The van der Waals surface area contributed by atoms with Gasteiger partial charge in [0.1, 0.15) is 11.6 Å². The van der Waals surface area contributed by atoms with Crippen LogP contribution in [0, 0.1) is 11.8 Å². The molecular weight excluding hydrogens is 416 g/mol. The van der Waals surface area contributed by atoms with Crippen LogP contribution < -0.4 is 20.4 Å². The third-order valence-electron chi connectivity index (χ3n) is 6.66. The van der Waals surface area contributed by atoms with Crippen molar-refractivity contribution >= 4 is 34.9 Å². The van der Waals surface area contributed by atoms with Crippen LogP contribution in [0.25, 0.3) is 0 Å². The fourth-order valence-corrected chi connectivity index (χ4v) is 4.86. The van der Waals surface area contributed by atoms with Crippen molar-refractivity contribution in [2.75, 3.05) is 41.3 Å². The Bertz CT molecular complexity index is 897. The zero-order valence-electron chi connectivity index (χ0n) is 19.6. The summed E-state index contributed by atoms with van der Waals surface area (Å²) < 4.78 is 0. The molecule has 0 unspecified atom stereocenters. The third-order valence-corrected chi connectivity index (χ3v) is 6.88. The van der Waals surface area contributed by atoms with E-state index in [1.54, 1.807) is 0 Å². The lowest BCUT2D eigenvalue weighted by Gasteiger charge is -2.34. The molecule has 2 atom stereocenters. The molecule has 6 nitrogen and oxygen atoms in total. The van der Waals surface area contributed by atoms with E-state index in [0.29, 0.717) is 17.0 Å². The number of nitrogens with zero attached hydrogens (tertiary/aromatic N) is 4. The Hall–Kier alpha value is -2.41. The van der Waals surface area contributed by atoms with Gasteiger partial charge in [-0.1, -0.05) is 44.2 Å². The highest BCUT2D eigenvalue weighted by Gasteiger charge is 2.23. The smallest absolute Gasteiger partial charge is 0.232 e. The first-order valence-corrected chi connectivity index (χ1v) is 12.4. The highest BCUT2D eigenvalue weighted by molar-refractivity contribution is 7.80. The van der Waals surface area contributed by atoms with Gasteiger partial charge in [0.25, 0.3) is 0 Å². The van der Waals surface area contributed by atoms with Crippen molar-refractivity contribution in [2.45, 2.75) is 52.5 Å². The van der Waals surface area contributed by atoms with E-state index in [2.05, 4.69) is 59.4 Å². The van der Waals surface area contributed by atoms with Crippen molar-refractivity contribution in [1.29, 1.82) is 0 Å². The number of thiocarbonyl (C=S) groups is 1. The second-order valence-electron chi connectivity index (χ2n) is 9.50. The second kappa shape index (κ2) is 10.5. The lowest BCUT2D eigenvalue weighted by atomic mass is 9.99. The van der Waals surface area contributed by atoms with Gasteiger partial charge < -0.3 is 20.4 Å². The number of aromatic nitrogens is 2. The zero-order chi connectivity index (χ0) is 22.5. The van der Waals surface area contributed by atoms with E-state index in [9.17, 15) is 0 Å². The molecule has 1 aromatic carbocycles. The van der Waals surface area contributed by atoms with Gasteiger partial charge in [-0.25, -0.2) is 0 Å². The lowest BCUT2D eigenvalue weighted by Crippen LogP contribution is -2.37. The van der Waals surface area contributed by atoms with Crippen molar-refractivity contribution in [1.82, 2.24) is 15.3 Å². The molecular formula is C25H36N6S. The molecule has 0 spiro atoms. The molecule has 2 saturated heterocycles. The molecule has 2 fully saturated rings. The maximum absolute atomic E-state index is 5.62. The standard InChI is InChI=1S/C25H36N6S/c1-18-11-14-30(15-12-18)22-16-23(31-13-7-8-19(2)17-31)28-24(27-22)29-25(32)26-20(3)21-9-5-4-6-10-21/h4-6,9-10,16,18-20H,7-8,11-15,17H2,1-3H3,(H2,26,27,28,29,32)/t19-,20+/m1/s1. The minimum atomic E-state index is 0.102. The number of piperidine rings is 2. The maximum atomic E-state index is 5.62. The molecule has 0 saturated carbocycles. The molecule has 0 radical (unpaired) electrons. The van der Waals surface area contributed by atoms with Crippen LogP contribution in [0.2, 0.25) is 0 Å². The van der Waals surface area contributed by atoms with Gasteiger partial charge >= 0.3 is 0 Å². The predicted octanol–water partition coefficient (Wildman–Crippen LogP) is 5.00. The molecule has 0 amide bonds. The Balaban J connectivity index is 1.52. The Labute approximate surface area is 197 Å². The number of nitrogens with one attached hydrogen (secondary N) is 2. The molecule has 0 bridgehead atoms. The van der Waals surface area contributed by atoms with Gasteiger partial charge in [0.2, 0.25) is 5.95 Å². The molecule has 0 aliphatic carbocycles. The van der Waals surface area contributed by atoms with Crippen LogP contribution in [0.4, 0.5) is 17.6 Å². The van der Waals surface area contributed by atoms with E-state index < -0.39 is 0 Å². The summed E-state index contributed by atoms with van der Waals surface area (Å²) in [6, 6.07) is 12.6. The predicted molar refractivity (Wildman–Crippen MR) is 137 cm³/mol. The van der Waals surface area contributed by atoms with Crippen LogP contribution in [-0.2, 0) is 0 Å². The minimum Gasteiger partial charge on any atom is -0.356 e. The van der Waals surface area contributed by atoms with E-state index in [4.69, 9.17) is 22.2 Å². The quantitative estimate of drug-likeness (QED) is 0.619. The fraction of sp³-hybridized carbons (Fsp3) is 0.560. The van der Waals surface area contributed by atoms with Gasteiger partial charge in [0, 0.05) is 32.2 Å². The Morgan fingerprint density at radius 3 is 2.34 bits per heavy atom. The van der Waals surface area contributed by atoms with Gasteiger partial charge in [-0.15, -0.1) is 0 Å². The van der Waals surface area contributed by atoms with E-state index in [-0.39, 0.29) is 6.04 Å². The van der Waals surface area contributed by atoms with E-state index >= 15 is 0 Å². The van der Waals surface area contributed by atoms with Crippen LogP contribution >= 0.6 is 12.2 Å². The summed E-state index contributed by atoms with van der Waals surface area (Å²) in [6.07, 6.45) is 4.91. The monoisotopic (exact) mass is 452 g/mol. The first kappa shape index (κ1) is 22.8. The molecule has 2 aromatic rings. The van der Waals surface area contributed by atoms with Crippen LogP contribution in [0.5, 0.6) is 0 Å². The SMILES string of the molecule is CC1CCN(c2cc(N3CCC[C@@H](C)C3)nc(NC(=S)N[C@@H](C)c3ccccc3)n2)CC1. The number of anilines is 3. The normalized spacial score (nSPS) is 20.7. The highest BCUT2D eigenvalue weighted by Crippen LogP contribution is 2.28. The van der Waals surface area contributed by atoms with Gasteiger partial charge in [-0.2, -0.15) is 9.97 Å². The van der Waals surface area contributed by atoms with Gasteiger partial charge in [-0.3, -0.25) is 0 Å². The molecule has 7 heteroatoms. The molecule has 172 valence electrons. The molecule has 32 heavy (non-hydrogen) atoms. The highest BCUT2D eigenvalue weighted by atomic mass is 32.1. The lowest BCUT2D eigenvalue weighted by molar-refractivity contribution is 0.435. The number of rotatable bonds is 5. The zero-order valence-corrected chi connectivity index (χ0v) is 20.4. The van der Waals surface area contributed by atoms with Crippen molar-refractivity contribution in [2.24, 2.45) is 11.8 Å². The van der Waals surface area contributed by atoms with Crippen molar-refractivity contribution in [3.05, 3.63) is 42.0 Å². The first-order valence-electron chi connectivity index (χ1n) is 12.0. The molecule has 2 N–H and O–H groups in total. The Morgan fingerprint density at radius 2 is 1.66 bits per heavy atom. The third kappa shape index (κ3) is 5.88.